The Kier molecular flexibility index (Phi) is 3.86. The van der Waals surface area contributed by atoms with Crippen LogP contribution in [0, 0.1) is 0 Å². The van der Waals surface area contributed by atoms with Gasteiger partial charge in [-0.3, -0.25) is 0 Å². The lowest BCUT2D eigenvalue weighted by Gasteiger charge is -2.32. The van der Waals surface area contributed by atoms with Crippen molar-refractivity contribution in [3.05, 3.63) is 27.1 Å². The molecule has 6 heteroatoms. The summed E-state index contributed by atoms with van der Waals surface area (Å²) in [4.78, 5) is 0.789. The van der Waals surface area contributed by atoms with Crippen LogP contribution in [0.5, 0.6) is 0 Å². The summed E-state index contributed by atoms with van der Waals surface area (Å²) in [6.07, 6.45) is 0. The largest absolute Gasteiger partial charge is 0.525 e. The summed E-state index contributed by atoms with van der Waals surface area (Å²) < 4.78 is 26.5. The van der Waals surface area contributed by atoms with Crippen molar-refractivity contribution in [2.45, 2.75) is 45.8 Å². The molecule has 0 unspecified atom stereocenters. The van der Waals surface area contributed by atoms with Crippen LogP contribution in [0.25, 0.3) is 5.57 Å². The monoisotopic (exact) mass is 302 g/mol. The number of thiophene rings is 1. The molecule has 2 heterocycles. The van der Waals surface area contributed by atoms with Gasteiger partial charge >= 0.3 is 7.12 Å². The highest BCUT2D eigenvalue weighted by atomic mass is 35.5. The van der Waals surface area contributed by atoms with Crippen LogP contribution in [-0.2, 0) is 9.31 Å². The Morgan fingerprint density at radius 2 is 1.74 bits per heavy atom. The summed E-state index contributed by atoms with van der Waals surface area (Å²) in [5.74, 6) is 0. The highest BCUT2D eigenvalue weighted by Gasteiger charge is 2.53. The molecule has 1 aliphatic heterocycles. The van der Waals surface area contributed by atoms with Gasteiger partial charge in [0.2, 0.25) is 0 Å². The van der Waals surface area contributed by atoms with Gasteiger partial charge in [-0.25, -0.2) is 4.39 Å². The maximum Gasteiger partial charge on any atom is 0.525 e. The summed E-state index contributed by atoms with van der Waals surface area (Å²) in [6, 6.07) is 3.55. The van der Waals surface area contributed by atoms with E-state index in [0.29, 0.717) is 9.91 Å². The van der Waals surface area contributed by atoms with Gasteiger partial charge in [0.25, 0.3) is 0 Å². The van der Waals surface area contributed by atoms with E-state index in [-0.39, 0.29) is 0 Å². The second-order valence-corrected chi connectivity index (χ2v) is 7.38. The fourth-order valence-corrected chi connectivity index (χ4v) is 2.80. The molecule has 1 aromatic heterocycles. The minimum absolute atomic E-state index is 0.392. The van der Waals surface area contributed by atoms with E-state index in [1.165, 1.54) is 11.3 Å². The van der Waals surface area contributed by atoms with Crippen molar-refractivity contribution in [3.8, 4) is 0 Å². The smallest absolute Gasteiger partial charge is 0.398 e. The number of rotatable bonds is 2. The Morgan fingerprint density at radius 3 is 2.16 bits per heavy atom. The second kappa shape index (κ2) is 4.88. The normalized spacial score (nSPS) is 22.6. The average molecular weight is 303 g/mol. The van der Waals surface area contributed by atoms with Crippen molar-refractivity contribution in [2.24, 2.45) is 0 Å². The number of halogens is 2. The van der Waals surface area contributed by atoms with Crippen LogP contribution in [0.2, 0.25) is 4.34 Å². The standard InChI is InChI=1S/C13H17BClFO2S/c1-8(9-6-7-10(15)19-9)11(16)14-17-12(2,3)13(4,5)18-14/h6-7H,1-5H3. The second-order valence-electron chi connectivity index (χ2n) is 5.66. The van der Waals surface area contributed by atoms with Gasteiger partial charge < -0.3 is 9.31 Å². The molecule has 2 rings (SSSR count). The van der Waals surface area contributed by atoms with Gasteiger partial charge in [0.15, 0.2) is 0 Å². The molecule has 1 aromatic rings. The number of hydrogen-bond acceptors (Lipinski definition) is 3. The van der Waals surface area contributed by atoms with Gasteiger partial charge in [-0.2, -0.15) is 0 Å². The minimum atomic E-state index is -0.953. The SMILES string of the molecule is CC(=C(F)B1OC(C)(C)C(C)(C)O1)c1ccc(Cl)s1. The van der Waals surface area contributed by atoms with Gasteiger partial charge in [-0.05, 0) is 52.3 Å². The molecule has 1 saturated heterocycles. The summed E-state index contributed by atoms with van der Waals surface area (Å²) in [6.45, 7) is 9.31. The zero-order chi connectivity index (χ0) is 14.4. The zero-order valence-electron chi connectivity index (χ0n) is 11.7. The first kappa shape index (κ1) is 15.0. The molecule has 19 heavy (non-hydrogen) atoms. The van der Waals surface area contributed by atoms with Crippen molar-refractivity contribution in [3.63, 3.8) is 0 Å². The van der Waals surface area contributed by atoms with Crippen molar-refractivity contribution in [2.75, 3.05) is 0 Å². The molecule has 1 fully saturated rings. The molecule has 0 radical (unpaired) electrons. The van der Waals surface area contributed by atoms with Crippen LogP contribution in [0.15, 0.2) is 17.9 Å². The molecule has 0 amide bonds. The van der Waals surface area contributed by atoms with E-state index in [4.69, 9.17) is 20.9 Å². The molecule has 0 saturated carbocycles. The first-order chi connectivity index (χ1) is 8.64. The topological polar surface area (TPSA) is 18.5 Å². The van der Waals surface area contributed by atoms with Crippen molar-refractivity contribution in [1.82, 2.24) is 0 Å². The number of allylic oxidation sites excluding steroid dienone is 1. The fraction of sp³-hybridized carbons (Fsp3) is 0.538. The van der Waals surface area contributed by atoms with E-state index < -0.39 is 24.0 Å². The Balaban J connectivity index is 2.28. The predicted molar refractivity (Wildman–Crippen MR) is 79.1 cm³/mol. The molecule has 0 atom stereocenters. The maximum atomic E-state index is 14.5. The lowest BCUT2D eigenvalue weighted by molar-refractivity contribution is 0.00578. The lowest BCUT2D eigenvalue weighted by Crippen LogP contribution is -2.41. The molecule has 0 bridgehead atoms. The van der Waals surface area contributed by atoms with Crippen molar-refractivity contribution < 1.29 is 13.7 Å². The highest BCUT2D eigenvalue weighted by Crippen LogP contribution is 2.40. The van der Waals surface area contributed by atoms with Crippen LogP contribution in [0.3, 0.4) is 0 Å². The van der Waals surface area contributed by atoms with E-state index in [1.807, 2.05) is 27.7 Å². The van der Waals surface area contributed by atoms with Crippen LogP contribution in [-0.4, -0.2) is 18.3 Å². The Labute approximate surface area is 122 Å². The zero-order valence-corrected chi connectivity index (χ0v) is 13.3. The summed E-state index contributed by atoms with van der Waals surface area (Å²) in [5, 5.41) is 0. The molecule has 0 spiro atoms. The minimum Gasteiger partial charge on any atom is -0.398 e. The summed E-state index contributed by atoms with van der Waals surface area (Å²) in [5.41, 5.74) is -0.960. The molecule has 104 valence electrons. The molecule has 0 N–H and O–H groups in total. The third-order valence-electron chi connectivity index (χ3n) is 3.76. The lowest BCUT2D eigenvalue weighted by atomic mass is 9.84. The van der Waals surface area contributed by atoms with E-state index in [9.17, 15) is 4.39 Å². The third kappa shape index (κ3) is 2.75. The molecule has 0 aliphatic carbocycles. The molecule has 1 aliphatic rings. The van der Waals surface area contributed by atoms with Crippen LogP contribution < -0.4 is 0 Å². The van der Waals surface area contributed by atoms with E-state index >= 15 is 0 Å². The average Bonchev–Trinajstić information content (AvgIpc) is 2.79. The van der Waals surface area contributed by atoms with Gasteiger partial charge in [-0.15, -0.1) is 11.3 Å². The Bertz CT molecular complexity index is 508. The highest BCUT2D eigenvalue weighted by molar-refractivity contribution is 7.17. The fourth-order valence-electron chi connectivity index (χ4n) is 1.76. The molecule has 0 aromatic carbocycles. The Hall–Kier alpha value is -0.355. The van der Waals surface area contributed by atoms with E-state index in [2.05, 4.69) is 0 Å². The van der Waals surface area contributed by atoms with Crippen LogP contribution in [0.4, 0.5) is 4.39 Å². The quantitative estimate of drug-likeness (QED) is 0.735. The van der Waals surface area contributed by atoms with Crippen molar-refractivity contribution in [1.29, 1.82) is 0 Å². The van der Waals surface area contributed by atoms with Gasteiger partial charge in [0, 0.05) is 4.88 Å². The maximum absolute atomic E-state index is 14.5. The van der Waals surface area contributed by atoms with E-state index in [0.717, 1.165) is 4.88 Å². The van der Waals surface area contributed by atoms with Crippen LogP contribution in [0.1, 0.15) is 39.5 Å². The first-order valence-electron chi connectivity index (χ1n) is 6.12. The molecule has 2 nitrogen and oxygen atoms in total. The van der Waals surface area contributed by atoms with Crippen molar-refractivity contribution >= 4 is 35.6 Å². The Morgan fingerprint density at radius 1 is 1.21 bits per heavy atom. The van der Waals surface area contributed by atoms with Gasteiger partial charge in [0.05, 0.1) is 15.5 Å². The number of hydrogen-bond donors (Lipinski definition) is 0. The summed E-state index contributed by atoms with van der Waals surface area (Å²) >= 11 is 7.21. The van der Waals surface area contributed by atoms with Gasteiger partial charge in [-0.1, -0.05) is 11.6 Å². The summed E-state index contributed by atoms with van der Waals surface area (Å²) in [7, 11) is -0.953. The predicted octanol–water partition coefficient (Wildman–Crippen LogP) is 4.73. The third-order valence-corrected chi connectivity index (χ3v) is 5.11. The van der Waals surface area contributed by atoms with Gasteiger partial charge in [0.1, 0.15) is 5.73 Å². The first-order valence-corrected chi connectivity index (χ1v) is 7.31. The van der Waals surface area contributed by atoms with E-state index in [1.54, 1.807) is 19.1 Å². The van der Waals surface area contributed by atoms with Crippen LogP contribution >= 0.6 is 22.9 Å². The molecular formula is C13H17BClFO2S. The molecular weight excluding hydrogens is 285 g/mol.